The lowest BCUT2D eigenvalue weighted by molar-refractivity contribution is -0.162. The lowest BCUT2D eigenvalue weighted by Gasteiger charge is -2.37. The smallest absolute Gasteiger partial charge is 0.317 e. The second-order valence-corrected chi connectivity index (χ2v) is 7.91. The predicted octanol–water partition coefficient (Wildman–Crippen LogP) is 5.30. The molecule has 0 spiro atoms. The van der Waals surface area contributed by atoms with Crippen LogP contribution in [0.25, 0.3) is 6.08 Å². The van der Waals surface area contributed by atoms with E-state index in [9.17, 15) is 9.59 Å². The van der Waals surface area contributed by atoms with Crippen LogP contribution in [0.5, 0.6) is 0 Å². The van der Waals surface area contributed by atoms with Crippen molar-refractivity contribution in [2.45, 2.75) is 59.5 Å². The Labute approximate surface area is 157 Å². The molecule has 0 amide bonds. The SMILES string of the molecule is CC[C@H](C(=O)/C=C/c1ccccc1)C(=O)O[C@@H]1C[C@H](C)CC[C@H]1C(C)C. The summed E-state index contributed by atoms with van der Waals surface area (Å²) < 4.78 is 5.87. The minimum absolute atomic E-state index is 0.0637. The van der Waals surface area contributed by atoms with E-state index in [2.05, 4.69) is 20.8 Å². The second kappa shape index (κ2) is 9.70. The largest absolute Gasteiger partial charge is 0.462 e. The van der Waals surface area contributed by atoms with E-state index in [-0.39, 0.29) is 17.9 Å². The summed E-state index contributed by atoms with van der Waals surface area (Å²) in [6.45, 7) is 8.45. The zero-order valence-electron chi connectivity index (χ0n) is 16.5. The molecule has 2 rings (SSSR count). The Hall–Kier alpha value is -1.90. The van der Waals surface area contributed by atoms with Gasteiger partial charge in [0, 0.05) is 0 Å². The normalized spacial score (nSPS) is 24.6. The first kappa shape index (κ1) is 20.4. The summed E-state index contributed by atoms with van der Waals surface area (Å²) >= 11 is 0. The lowest BCUT2D eigenvalue weighted by atomic mass is 9.75. The van der Waals surface area contributed by atoms with E-state index in [1.54, 1.807) is 6.08 Å². The molecule has 0 N–H and O–H groups in total. The van der Waals surface area contributed by atoms with Crippen LogP contribution in [0.2, 0.25) is 0 Å². The molecule has 1 aliphatic carbocycles. The molecule has 0 heterocycles. The van der Waals surface area contributed by atoms with E-state index in [1.165, 1.54) is 12.5 Å². The van der Waals surface area contributed by atoms with Gasteiger partial charge in [0.2, 0.25) is 0 Å². The molecule has 1 aliphatic rings. The topological polar surface area (TPSA) is 43.4 Å². The molecule has 0 aliphatic heterocycles. The highest BCUT2D eigenvalue weighted by Gasteiger charge is 2.35. The number of ether oxygens (including phenoxy) is 1. The summed E-state index contributed by atoms with van der Waals surface area (Å²) in [7, 11) is 0. The van der Waals surface area contributed by atoms with E-state index in [0.717, 1.165) is 18.4 Å². The van der Waals surface area contributed by atoms with Crippen LogP contribution in [-0.2, 0) is 14.3 Å². The highest BCUT2D eigenvalue weighted by molar-refractivity contribution is 6.06. The molecular weight excluding hydrogens is 324 g/mol. The molecule has 0 saturated heterocycles. The molecule has 3 heteroatoms. The second-order valence-electron chi connectivity index (χ2n) is 7.91. The van der Waals surface area contributed by atoms with Crippen molar-refractivity contribution >= 4 is 17.8 Å². The van der Waals surface area contributed by atoms with Crippen molar-refractivity contribution < 1.29 is 14.3 Å². The maximum absolute atomic E-state index is 12.7. The first-order valence-electron chi connectivity index (χ1n) is 9.89. The first-order valence-corrected chi connectivity index (χ1v) is 9.89. The number of carbonyl (C=O) groups excluding carboxylic acids is 2. The Morgan fingerprint density at radius 3 is 2.50 bits per heavy atom. The summed E-state index contributed by atoms with van der Waals surface area (Å²) in [6.07, 6.45) is 6.85. The van der Waals surface area contributed by atoms with Crippen LogP contribution in [0.15, 0.2) is 36.4 Å². The van der Waals surface area contributed by atoms with Crippen LogP contribution < -0.4 is 0 Å². The number of ketones is 1. The molecule has 1 saturated carbocycles. The molecule has 0 aromatic heterocycles. The van der Waals surface area contributed by atoms with Crippen LogP contribution in [0, 0.1) is 23.7 Å². The zero-order chi connectivity index (χ0) is 19.1. The molecule has 0 bridgehead atoms. The third kappa shape index (κ3) is 5.55. The van der Waals surface area contributed by atoms with E-state index in [4.69, 9.17) is 4.74 Å². The van der Waals surface area contributed by atoms with Gasteiger partial charge in [-0.2, -0.15) is 0 Å². The van der Waals surface area contributed by atoms with E-state index >= 15 is 0 Å². The monoisotopic (exact) mass is 356 g/mol. The lowest BCUT2D eigenvalue weighted by Crippen LogP contribution is -2.38. The van der Waals surface area contributed by atoms with Gasteiger partial charge >= 0.3 is 5.97 Å². The molecule has 3 nitrogen and oxygen atoms in total. The van der Waals surface area contributed by atoms with Crippen LogP contribution in [0.3, 0.4) is 0 Å². The van der Waals surface area contributed by atoms with Gasteiger partial charge in [0.15, 0.2) is 5.78 Å². The average Bonchev–Trinajstić information content (AvgIpc) is 2.61. The van der Waals surface area contributed by atoms with Crippen LogP contribution >= 0.6 is 0 Å². The molecule has 1 aromatic rings. The molecule has 0 radical (unpaired) electrons. The number of carbonyl (C=O) groups is 2. The van der Waals surface area contributed by atoms with Crippen molar-refractivity contribution in [2.24, 2.45) is 23.7 Å². The summed E-state index contributed by atoms with van der Waals surface area (Å²) in [6, 6.07) is 9.64. The fourth-order valence-corrected chi connectivity index (χ4v) is 3.82. The van der Waals surface area contributed by atoms with Crippen LogP contribution in [0.4, 0.5) is 0 Å². The summed E-state index contributed by atoms with van der Waals surface area (Å²) in [5, 5.41) is 0. The fraction of sp³-hybridized carbons (Fsp3) is 0.565. The molecule has 0 unspecified atom stereocenters. The van der Waals surface area contributed by atoms with Crippen molar-refractivity contribution in [1.82, 2.24) is 0 Å². The van der Waals surface area contributed by atoms with Crippen molar-refractivity contribution in [1.29, 1.82) is 0 Å². The maximum Gasteiger partial charge on any atom is 0.317 e. The summed E-state index contributed by atoms with van der Waals surface area (Å²) in [4.78, 5) is 25.2. The standard InChI is InChI=1S/C23H32O3/c1-5-19(21(24)14-12-18-9-7-6-8-10-18)23(25)26-22-15-17(4)11-13-20(22)16(2)3/h6-10,12,14,16-17,19-20,22H,5,11,13,15H2,1-4H3/b14-12+/t17-,19-,20+,22-/m1/s1. The van der Waals surface area contributed by atoms with Gasteiger partial charge in [0.05, 0.1) is 0 Å². The van der Waals surface area contributed by atoms with Gasteiger partial charge in [-0.25, -0.2) is 0 Å². The average molecular weight is 357 g/mol. The molecule has 4 atom stereocenters. The van der Waals surface area contributed by atoms with Crippen molar-refractivity contribution in [2.75, 3.05) is 0 Å². The van der Waals surface area contributed by atoms with E-state index in [1.807, 2.05) is 37.3 Å². The van der Waals surface area contributed by atoms with E-state index in [0.29, 0.717) is 24.2 Å². The van der Waals surface area contributed by atoms with Crippen molar-refractivity contribution in [3.63, 3.8) is 0 Å². The zero-order valence-corrected chi connectivity index (χ0v) is 16.5. The predicted molar refractivity (Wildman–Crippen MR) is 105 cm³/mol. The highest BCUT2D eigenvalue weighted by Crippen LogP contribution is 2.35. The molecule has 1 fully saturated rings. The Bertz CT molecular complexity index is 618. The molecule has 1 aromatic carbocycles. The summed E-state index contributed by atoms with van der Waals surface area (Å²) in [5.74, 6) is 0.194. The minimum atomic E-state index is -0.708. The number of esters is 1. The van der Waals surface area contributed by atoms with Gasteiger partial charge < -0.3 is 4.74 Å². The summed E-state index contributed by atoms with van der Waals surface area (Å²) in [5.41, 5.74) is 0.949. The highest BCUT2D eigenvalue weighted by atomic mass is 16.5. The quantitative estimate of drug-likeness (QED) is 0.378. The molecule has 26 heavy (non-hydrogen) atoms. The van der Waals surface area contributed by atoms with Gasteiger partial charge in [0.1, 0.15) is 12.0 Å². The van der Waals surface area contributed by atoms with E-state index < -0.39 is 5.92 Å². The molecule has 142 valence electrons. The Morgan fingerprint density at radius 2 is 1.88 bits per heavy atom. The number of rotatable bonds is 7. The van der Waals surface area contributed by atoms with Gasteiger partial charge in [-0.3, -0.25) is 9.59 Å². The number of hydrogen-bond donors (Lipinski definition) is 0. The minimum Gasteiger partial charge on any atom is -0.462 e. The van der Waals surface area contributed by atoms with Gasteiger partial charge in [0.25, 0.3) is 0 Å². The van der Waals surface area contributed by atoms with Crippen molar-refractivity contribution in [3.05, 3.63) is 42.0 Å². The Balaban J connectivity index is 2.02. The number of hydrogen-bond acceptors (Lipinski definition) is 3. The number of allylic oxidation sites excluding steroid dienone is 1. The molecular formula is C23H32O3. The number of benzene rings is 1. The van der Waals surface area contributed by atoms with Crippen LogP contribution in [-0.4, -0.2) is 17.9 Å². The van der Waals surface area contributed by atoms with Gasteiger partial charge in [-0.05, 0) is 48.7 Å². The van der Waals surface area contributed by atoms with Gasteiger partial charge in [-0.15, -0.1) is 0 Å². The van der Waals surface area contributed by atoms with Crippen molar-refractivity contribution in [3.8, 4) is 0 Å². The Morgan fingerprint density at radius 1 is 1.19 bits per heavy atom. The van der Waals surface area contributed by atoms with Gasteiger partial charge in [-0.1, -0.05) is 70.5 Å². The fourth-order valence-electron chi connectivity index (χ4n) is 3.82. The maximum atomic E-state index is 12.7. The first-order chi connectivity index (χ1) is 12.4. The third-order valence-corrected chi connectivity index (χ3v) is 5.50. The third-order valence-electron chi connectivity index (χ3n) is 5.50. The Kier molecular flexibility index (Phi) is 7.62. The van der Waals surface area contributed by atoms with Crippen LogP contribution in [0.1, 0.15) is 58.9 Å².